The fourth-order valence-electron chi connectivity index (χ4n) is 2.43. The molecule has 0 bridgehead atoms. The van der Waals surface area contributed by atoms with Crippen molar-refractivity contribution in [2.75, 3.05) is 37.6 Å². The second kappa shape index (κ2) is 6.80. The first-order valence-corrected chi connectivity index (χ1v) is 6.84. The van der Waals surface area contributed by atoms with Gasteiger partial charge in [-0.05, 0) is 26.0 Å². The van der Waals surface area contributed by atoms with Gasteiger partial charge in [-0.15, -0.1) is 12.4 Å². The van der Waals surface area contributed by atoms with Crippen LogP contribution >= 0.6 is 24.0 Å². The topological polar surface area (TPSA) is 32.5 Å². The van der Waals surface area contributed by atoms with E-state index in [0.29, 0.717) is 0 Å². The Kier molecular flexibility index (Phi) is 5.93. The summed E-state index contributed by atoms with van der Waals surface area (Å²) in [6, 6.07) is 8.05. The highest BCUT2D eigenvalue weighted by Gasteiger charge is 2.22. The summed E-state index contributed by atoms with van der Waals surface area (Å²) in [6.45, 7) is 9.22. The Labute approximate surface area is 127 Å². The van der Waals surface area contributed by atoms with Crippen molar-refractivity contribution in [3.63, 3.8) is 0 Å². The number of nitrogens with zero attached hydrogens (tertiary/aromatic N) is 2. The molecule has 0 atom stereocenters. The number of rotatable bonds is 3. The first-order valence-electron chi connectivity index (χ1n) is 6.46. The van der Waals surface area contributed by atoms with Crippen LogP contribution in [-0.2, 0) is 0 Å². The minimum Gasteiger partial charge on any atom is -0.368 e. The van der Waals surface area contributed by atoms with Gasteiger partial charge in [0.15, 0.2) is 0 Å². The lowest BCUT2D eigenvalue weighted by atomic mass is 10.1. The third kappa shape index (κ3) is 4.84. The van der Waals surface area contributed by atoms with Gasteiger partial charge in [0, 0.05) is 38.3 Å². The summed E-state index contributed by atoms with van der Waals surface area (Å²) < 4.78 is 0. The summed E-state index contributed by atoms with van der Waals surface area (Å²) >= 11 is 6.23. The molecule has 0 spiro atoms. The molecule has 1 aliphatic heterocycles. The number of hydrogen-bond donors (Lipinski definition) is 1. The van der Waals surface area contributed by atoms with Crippen LogP contribution in [0.3, 0.4) is 0 Å². The SMILES string of the molecule is CC(C)(N)CN1CCN(c2ccccc2Cl)CC1.Cl. The zero-order valence-electron chi connectivity index (χ0n) is 11.6. The van der Waals surface area contributed by atoms with E-state index >= 15 is 0 Å². The molecule has 1 aromatic rings. The molecule has 1 fully saturated rings. The smallest absolute Gasteiger partial charge is 0.0639 e. The number of benzene rings is 1. The van der Waals surface area contributed by atoms with Gasteiger partial charge in [-0.2, -0.15) is 0 Å². The minimum absolute atomic E-state index is 0. The second-order valence-corrected chi connectivity index (χ2v) is 6.11. The van der Waals surface area contributed by atoms with Crippen LogP contribution in [0.5, 0.6) is 0 Å². The number of anilines is 1. The van der Waals surface area contributed by atoms with Crippen molar-refractivity contribution in [2.24, 2.45) is 5.73 Å². The van der Waals surface area contributed by atoms with Gasteiger partial charge in [0.2, 0.25) is 0 Å². The van der Waals surface area contributed by atoms with Crippen LogP contribution in [-0.4, -0.2) is 43.2 Å². The van der Waals surface area contributed by atoms with E-state index < -0.39 is 0 Å². The Hall–Kier alpha value is -0.480. The van der Waals surface area contributed by atoms with Crippen molar-refractivity contribution in [3.8, 4) is 0 Å². The monoisotopic (exact) mass is 303 g/mol. The van der Waals surface area contributed by atoms with Gasteiger partial charge >= 0.3 is 0 Å². The number of piperazine rings is 1. The highest BCUT2D eigenvalue weighted by molar-refractivity contribution is 6.33. The quantitative estimate of drug-likeness (QED) is 0.932. The predicted octanol–water partition coefficient (Wildman–Crippen LogP) is 2.62. The van der Waals surface area contributed by atoms with Crippen LogP contribution in [0.4, 0.5) is 5.69 Å². The molecule has 1 saturated heterocycles. The minimum atomic E-state index is -0.118. The molecule has 1 aliphatic rings. The van der Waals surface area contributed by atoms with Gasteiger partial charge in [0.25, 0.3) is 0 Å². The summed E-state index contributed by atoms with van der Waals surface area (Å²) in [6.07, 6.45) is 0. The zero-order chi connectivity index (χ0) is 13.2. The number of halogens is 2. The third-order valence-corrected chi connectivity index (χ3v) is 3.52. The average molecular weight is 304 g/mol. The van der Waals surface area contributed by atoms with Gasteiger partial charge in [-0.3, -0.25) is 4.90 Å². The van der Waals surface area contributed by atoms with E-state index in [2.05, 4.69) is 29.7 Å². The van der Waals surface area contributed by atoms with Crippen LogP contribution in [0.15, 0.2) is 24.3 Å². The molecule has 5 heteroatoms. The highest BCUT2D eigenvalue weighted by atomic mass is 35.5. The number of para-hydroxylation sites is 1. The molecule has 3 nitrogen and oxygen atoms in total. The van der Waals surface area contributed by atoms with Crippen LogP contribution in [0.25, 0.3) is 0 Å². The van der Waals surface area contributed by atoms with E-state index in [0.717, 1.165) is 43.4 Å². The maximum atomic E-state index is 6.23. The van der Waals surface area contributed by atoms with Crippen molar-refractivity contribution in [2.45, 2.75) is 19.4 Å². The van der Waals surface area contributed by atoms with E-state index in [1.165, 1.54) is 0 Å². The third-order valence-electron chi connectivity index (χ3n) is 3.20. The summed E-state index contributed by atoms with van der Waals surface area (Å²) in [5.74, 6) is 0. The lowest BCUT2D eigenvalue weighted by molar-refractivity contribution is 0.214. The molecule has 19 heavy (non-hydrogen) atoms. The summed E-state index contributed by atoms with van der Waals surface area (Å²) in [5.41, 5.74) is 7.09. The van der Waals surface area contributed by atoms with Crippen molar-refractivity contribution in [3.05, 3.63) is 29.3 Å². The molecule has 1 heterocycles. The zero-order valence-corrected chi connectivity index (χ0v) is 13.2. The maximum Gasteiger partial charge on any atom is 0.0639 e. The Morgan fingerprint density at radius 2 is 1.74 bits per heavy atom. The maximum absolute atomic E-state index is 6.23. The molecule has 2 N–H and O–H groups in total. The molecular weight excluding hydrogens is 281 g/mol. The highest BCUT2D eigenvalue weighted by Crippen LogP contribution is 2.26. The van der Waals surface area contributed by atoms with Crippen LogP contribution in [0, 0.1) is 0 Å². The van der Waals surface area contributed by atoms with Crippen LogP contribution < -0.4 is 10.6 Å². The average Bonchev–Trinajstić information content (AvgIpc) is 2.29. The van der Waals surface area contributed by atoms with E-state index in [-0.39, 0.29) is 17.9 Å². The predicted molar refractivity (Wildman–Crippen MR) is 85.6 cm³/mol. The Morgan fingerprint density at radius 3 is 2.26 bits per heavy atom. The summed E-state index contributed by atoms with van der Waals surface area (Å²) in [5, 5.41) is 0.838. The number of hydrogen-bond acceptors (Lipinski definition) is 3. The second-order valence-electron chi connectivity index (χ2n) is 5.70. The Balaban J connectivity index is 0.00000180. The lowest BCUT2D eigenvalue weighted by Crippen LogP contribution is -2.53. The summed E-state index contributed by atoms with van der Waals surface area (Å²) in [7, 11) is 0. The normalized spacial score (nSPS) is 17.2. The first-order chi connectivity index (χ1) is 8.46. The molecule has 1 aromatic carbocycles. The lowest BCUT2D eigenvalue weighted by Gasteiger charge is -2.39. The van der Waals surface area contributed by atoms with Crippen LogP contribution in [0.1, 0.15) is 13.8 Å². The molecule has 108 valence electrons. The molecule has 0 unspecified atom stereocenters. The molecule has 0 aromatic heterocycles. The molecule has 2 rings (SSSR count). The van der Waals surface area contributed by atoms with Crippen molar-refractivity contribution in [1.82, 2.24) is 4.90 Å². The van der Waals surface area contributed by atoms with Gasteiger partial charge in [-0.1, -0.05) is 23.7 Å². The number of nitrogens with two attached hydrogens (primary N) is 1. The molecular formula is C14H23Cl2N3. The summed E-state index contributed by atoms with van der Waals surface area (Å²) in [4.78, 5) is 4.77. The Bertz CT molecular complexity index is 396. The van der Waals surface area contributed by atoms with Gasteiger partial charge < -0.3 is 10.6 Å². The van der Waals surface area contributed by atoms with Crippen LogP contribution in [0.2, 0.25) is 5.02 Å². The first kappa shape index (κ1) is 16.6. The van der Waals surface area contributed by atoms with Gasteiger partial charge in [0.05, 0.1) is 10.7 Å². The van der Waals surface area contributed by atoms with Crippen molar-refractivity contribution >= 4 is 29.7 Å². The van der Waals surface area contributed by atoms with E-state index in [1.54, 1.807) is 0 Å². The molecule has 0 saturated carbocycles. The fraction of sp³-hybridized carbons (Fsp3) is 0.571. The van der Waals surface area contributed by atoms with Crippen molar-refractivity contribution in [1.29, 1.82) is 0 Å². The molecule has 0 aliphatic carbocycles. The van der Waals surface area contributed by atoms with Gasteiger partial charge in [-0.25, -0.2) is 0 Å². The van der Waals surface area contributed by atoms with Crippen molar-refractivity contribution < 1.29 is 0 Å². The molecule has 0 radical (unpaired) electrons. The fourth-order valence-corrected chi connectivity index (χ4v) is 2.69. The Morgan fingerprint density at radius 1 is 1.16 bits per heavy atom. The van der Waals surface area contributed by atoms with E-state index in [9.17, 15) is 0 Å². The standard InChI is InChI=1S/C14H22ClN3.ClH/c1-14(2,16)11-17-7-9-18(10-8-17)13-6-4-3-5-12(13)15;/h3-6H,7-11,16H2,1-2H3;1H. The van der Waals surface area contributed by atoms with Gasteiger partial charge in [0.1, 0.15) is 0 Å². The largest absolute Gasteiger partial charge is 0.368 e. The molecule has 0 amide bonds. The van der Waals surface area contributed by atoms with E-state index in [4.69, 9.17) is 17.3 Å². The van der Waals surface area contributed by atoms with E-state index in [1.807, 2.05) is 18.2 Å².